The number of nitrogens with one attached hydrogen (secondary N) is 1. The third kappa shape index (κ3) is 5.38. The smallest absolute Gasteiger partial charge is 0.237 e. The summed E-state index contributed by atoms with van der Waals surface area (Å²) in [7, 11) is 0. The minimum Gasteiger partial charge on any atom is -0.494 e. The number of hydrogen-bond donors (Lipinski definition) is 2. The maximum Gasteiger partial charge on any atom is 0.237 e. The summed E-state index contributed by atoms with van der Waals surface area (Å²) in [6, 6.07) is 8.08. The highest BCUT2D eigenvalue weighted by atomic mass is 16.5. The molecule has 0 saturated heterocycles. The van der Waals surface area contributed by atoms with E-state index in [-0.39, 0.29) is 5.91 Å². The Morgan fingerprint density at radius 3 is 2.43 bits per heavy atom. The molecular formula is C17H28N2O2. The summed E-state index contributed by atoms with van der Waals surface area (Å²) >= 11 is 0. The predicted octanol–water partition coefficient (Wildman–Crippen LogP) is 2.82. The Labute approximate surface area is 128 Å². The van der Waals surface area contributed by atoms with Crippen molar-refractivity contribution in [1.82, 2.24) is 5.32 Å². The SMILES string of the molecule is CCCNC(C)(CCOc1ccc(C(C)C)cc1)C(N)=O. The molecule has 1 aromatic carbocycles. The first-order chi connectivity index (χ1) is 9.89. The lowest BCUT2D eigenvalue weighted by Crippen LogP contribution is -2.54. The first-order valence-corrected chi connectivity index (χ1v) is 7.66. The Kier molecular flexibility index (Phi) is 6.69. The maximum atomic E-state index is 11.6. The summed E-state index contributed by atoms with van der Waals surface area (Å²) in [6.07, 6.45) is 1.51. The highest BCUT2D eigenvalue weighted by molar-refractivity contribution is 5.84. The topological polar surface area (TPSA) is 64.3 Å². The summed E-state index contributed by atoms with van der Waals surface area (Å²) in [5.74, 6) is 0.992. The van der Waals surface area contributed by atoms with Gasteiger partial charge in [0.2, 0.25) is 5.91 Å². The summed E-state index contributed by atoms with van der Waals surface area (Å²) in [5, 5.41) is 3.20. The van der Waals surface area contributed by atoms with Gasteiger partial charge in [-0.2, -0.15) is 0 Å². The molecule has 0 heterocycles. The summed E-state index contributed by atoms with van der Waals surface area (Å²) < 4.78 is 5.72. The van der Waals surface area contributed by atoms with Crippen molar-refractivity contribution in [3.63, 3.8) is 0 Å². The van der Waals surface area contributed by atoms with E-state index in [9.17, 15) is 4.79 Å². The van der Waals surface area contributed by atoms with Crippen LogP contribution in [0, 0.1) is 0 Å². The highest BCUT2D eigenvalue weighted by Crippen LogP contribution is 2.19. The van der Waals surface area contributed by atoms with E-state index in [1.54, 1.807) is 0 Å². The zero-order chi connectivity index (χ0) is 15.9. The largest absolute Gasteiger partial charge is 0.494 e. The molecule has 1 aromatic rings. The molecule has 1 unspecified atom stereocenters. The van der Waals surface area contributed by atoms with Gasteiger partial charge in [-0.05, 0) is 43.5 Å². The van der Waals surface area contributed by atoms with Crippen LogP contribution >= 0.6 is 0 Å². The Morgan fingerprint density at radius 1 is 1.33 bits per heavy atom. The molecule has 0 aliphatic rings. The second-order valence-electron chi connectivity index (χ2n) is 5.95. The molecule has 4 nitrogen and oxygen atoms in total. The zero-order valence-corrected chi connectivity index (χ0v) is 13.6. The Bertz CT molecular complexity index is 443. The van der Waals surface area contributed by atoms with E-state index in [0.717, 1.165) is 18.7 Å². The number of nitrogens with two attached hydrogens (primary N) is 1. The second-order valence-corrected chi connectivity index (χ2v) is 5.95. The van der Waals surface area contributed by atoms with Crippen molar-refractivity contribution in [2.24, 2.45) is 5.73 Å². The summed E-state index contributed by atoms with van der Waals surface area (Å²) in [5.41, 5.74) is 6.06. The van der Waals surface area contributed by atoms with Crippen molar-refractivity contribution in [1.29, 1.82) is 0 Å². The van der Waals surface area contributed by atoms with Crippen LogP contribution in [-0.2, 0) is 4.79 Å². The average molecular weight is 292 g/mol. The van der Waals surface area contributed by atoms with E-state index in [1.807, 2.05) is 19.1 Å². The van der Waals surface area contributed by atoms with E-state index >= 15 is 0 Å². The molecule has 21 heavy (non-hydrogen) atoms. The van der Waals surface area contributed by atoms with Gasteiger partial charge in [0.15, 0.2) is 0 Å². The van der Waals surface area contributed by atoms with Crippen molar-refractivity contribution in [3.8, 4) is 5.75 Å². The number of amides is 1. The Morgan fingerprint density at radius 2 is 1.95 bits per heavy atom. The van der Waals surface area contributed by atoms with Crippen molar-refractivity contribution in [3.05, 3.63) is 29.8 Å². The molecule has 0 fully saturated rings. The fourth-order valence-electron chi connectivity index (χ4n) is 2.02. The standard InChI is InChI=1S/C17H28N2O2/c1-5-11-19-17(4,16(18)20)10-12-21-15-8-6-14(7-9-15)13(2)3/h6-9,13,19H,5,10-12H2,1-4H3,(H2,18,20). The van der Waals surface area contributed by atoms with Crippen molar-refractivity contribution < 1.29 is 9.53 Å². The first-order valence-electron chi connectivity index (χ1n) is 7.66. The van der Waals surface area contributed by atoms with Gasteiger partial charge in [-0.15, -0.1) is 0 Å². The van der Waals surface area contributed by atoms with Gasteiger partial charge in [0.25, 0.3) is 0 Å². The van der Waals surface area contributed by atoms with Crippen LogP contribution < -0.4 is 15.8 Å². The molecular weight excluding hydrogens is 264 g/mol. The number of carbonyl (C=O) groups is 1. The maximum absolute atomic E-state index is 11.6. The van der Waals surface area contributed by atoms with Crippen molar-refractivity contribution >= 4 is 5.91 Å². The van der Waals surface area contributed by atoms with Gasteiger partial charge in [0.1, 0.15) is 5.75 Å². The molecule has 0 aliphatic carbocycles. The molecule has 0 saturated carbocycles. The zero-order valence-electron chi connectivity index (χ0n) is 13.6. The molecule has 0 spiro atoms. The third-order valence-electron chi connectivity index (χ3n) is 3.73. The molecule has 1 amide bonds. The molecule has 1 rings (SSSR count). The number of ether oxygens (including phenoxy) is 1. The van der Waals surface area contributed by atoms with Crippen molar-refractivity contribution in [2.75, 3.05) is 13.2 Å². The van der Waals surface area contributed by atoms with Crippen LogP contribution in [0.3, 0.4) is 0 Å². The number of rotatable bonds is 9. The Hall–Kier alpha value is -1.55. The van der Waals surface area contributed by atoms with E-state index in [1.165, 1.54) is 5.56 Å². The monoisotopic (exact) mass is 292 g/mol. The van der Waals surface area contributed by atoms with Gasteiger partial charge in [-0.3, -0.25) is 4.79 Å². The van der Waals surface area contributed by atoms with E-state index in [4.69, 9.17) is 10.5 Å². The van der Waals surface area contributed by atoms with Gasteiger partial charge >= 0.3 is 0 Å². The minimum absolute atomic E-state index is 0.338. The van der Waals surface area contributed by atoms with Crippen LogP contribution in [0.4, 0.5) is 0 Å². The average Bonchev–Trinajstić information content (AvgIpc) is 2.45. The van der Waals surface area contributed by atoms with Crippen LogP contribution in [0.1, 0.15) is 52.0 Å². The van der Waals surface area contributed by atoms with Crippen LogP contribution in [0.15, 0.2) is 24.3 Å². The lowest BCUT2D eigenvalue weighted by atomic mass is 9.97. The second kappa shape index (κ2) is 8.03. The number of primary amides is 1. The molecule has 0 aliphatic heterocycles. The van der Waals surface area contributed by atoms with Gasteiger partial charge in [0.05, 0.1) is 12.1 Å². The molecule has 3 N–H and O–H groups in total. The number of hydrogen-bond acceptors (Lipinski definition) is 3. The molecule has 118 valence electrons. The lowest BCUT2D eigenvalue weighted by molar-refractivity contribution is -0.124. The van der Waals surface area contributed by atoms with Gasteiger partial charge in [-0.1, -0.05) is 32.9 Å². The third-order valence-corrected chi connectivity index (χ3v) is 3.73. The molecule has 0 bridgehead atoms. The fraction of sp³-hybridized carbons (Fsp3) is 0.588. The lowest BCUT2D eigenvalue weighted by Gasteiger charge is -2.27. The van der Waals surface area contributed by atoms with Gasteiger partial charge < -0.3 is 15.8 Å². The molecule has 0 aromatic heterocycles. The molecule has 4 heteroatoms. The van der Waals surface area contributed by atoms with E-state index in [2.05, 4.69) is 38.2 Å². The van der Waals surface area contributed by atoms with Crippen LogP contribution in [0.2, 0.25) is 0 Å². The van der Waals surface area contributed by atoms with Gasteiger partial charge in [-0.25, -0.2) is 0 Å². The van der Waals surface area contributed by atoms with Crippen LogP contribution in [-0.4, -0.2) is 24.6 Å². The summed E-state index contributed by atoms with van der Waals surface area (Å²) in [4.78, 5) is 11.6. The summed E-state index contributed by atoms with van der Waals surface area (Å²) in [6.45, 7) is 9.43. The highest BCUT2D eigenvalue weighted by Gasteiger charge is 2.29. The quantitative estimate of drug-likeness (QED) is 0.735. The predicted molar refractivity (Wildman–Crippen MR) is 86.5 cm³/mol. The molecule has 0 radical (unpaired) electrons. The normalized spacial score (nSPS) is 14.0. The van der Waals surface area contributed by atoms with Crippen molar-refractivity contribution in [2.45, 2.75) is 52.0 Å². The fourth-order valence-corrected chi connectivity index (χ4v) is 2.02. The number of carbonyl (C=O) groups excluding carboxylic acids is 1. The van der Waals surface area contributed by atoms with Crippen LogP contribution in [0.5, 0.6) is 5.75 Å². The van der Waals surface area contributed by atoms with E-state index in [0.29, 0.717) is 18.9 Å². The molecule has 1 atom stereocenters. The number of benzene rings is 1. The minimum atomic E-state index is -0.714. The first kappa shape index (κ1) is 17.5. The Balaban J connectivity index is 2.52. The van der Waals surface area contributed by atoms with Gasteiger partial charge in [0, 0.05) is 6.42 Å². The van der Waals surface area contributed by atoms with E-state index < -0.39 is 5.54 Å². The van der Waals surface area contributed by atoms with Crippen LogP contribution in [0.25, 0.3) is 0 Å².